The van der Waals surface area contributed by atoms with Crippen LogP contribution in [0.4, 0.5) is 16.2 Å². The van der Waals surface area contributed by atoms with Gasteiger partial charge in [0.15, 0.2) is 12.6 Å². The van der Waals surface area contributed by atoms with Crippen molar-refractivity contribution in [2.45, 2.75) is 25.4 Å². The highest BCUT2D eigenvalue weighted by molar-refractivity contribution is 5.79. The number of hydrogen-bond acceptors (Lipinski definition) is 10. The molecule has 0 aliphatic carbocycles. The zero-order chi connectivity index (χ0) is 30.5. The standard InChI is InChI=1S/C11H14N2O3.C10H16N2O2.C7H6N4O/c1-15-9(16-2)6-7-4-3-5-8-10(7)13-11(14)12-8;1-13-9(14-2)6-7-4-3-5-8(11)10(7)12;12-7(10-3-1-8-5-10)11-4-2-9-6-11/h3-5,9H,6H2,1-2H3,(H2,12,13,14);3-5,9H,6,11-12H2,1-2H3;1-6H. The Morgan fingerprint density at radius 2 is 1.33 bits per heavy atom. The topological polar surface area (TPSA) is 190 Å². The lowest BCUT2D eigenvalue weighted by atomic mass is 10.1. The molecule has 14 heteroatoms. The lowest BCUT2D eigenvalue weighted by Gasteiger charge is -2.15. The number of aromatic nitrogens is 6. The molecule has 0 saturated heterocycles. The van der Waals surface area contributed by atoms with Crippen molar-refractivity contribution in [2.75, 3.05) is 39.9 Å². The van der Waals surface area contributed by atoms with Crippen molar-refractivity contribution >= 4 is 28.4 Å². The monoisotopic (exact) mass is 580 g/mol. The van der Waals surface area contributed by atoms with Crippen LogP contribution in [0.3, 0.4) is 0 Å². The summed E-state index contributed by atoms with van der Waals surface area (Å²) >= 11 is 0. The lowest BCUT2D eigenvalue weighted by Crippen LogP contribution is -2.17. The van der Waals surface area contributed by atoms with Crippen LogP contribution in [0.15, 0.2) is 78.6 Å². The summed E-state index contributed by atoms with van der Waals surface area (Å²) in [4.78, 5) is 35.6. The van der Waals surface area contributed by atoms with Crippen LogP contribution in [-0.4, -0.2) is 76.1 Å². The van der Waals surface area contributed by atoms with E-state index in [1.807, 2.05) is 30.3 Å². The number of hydrogen-bond donors (Lipinski definition) is 4. The Morgan fingerprint density at radius 1 is 0.810 bits per heavy atom. The first kappa shape index (κ1) is 31.8. The van der Waals surface area contributed by atoms with E-state index in [-0.39, 0.29) is 24.3 Å². The summed E-state index contributed by atoms with van der Waals surface area (Å²) in [6, 6.07) is 11.0. The second-order valence-electron chi connectivity index (χ2n) is 8.77. The molecule has 0 atom stereocenters. The van der Waals surface area contributed by atoms with Gasteiger partial charge in [0.05, 0.1) is 22.4 Å². The molecule has 6 N–H and O–H groups in total. The summed E-state index contributed by atoms with van der Waals surface area (Å²) in [6.45, 7) is 0. The van der Waals surface area contributed by atoms with Gasteiger partial charge < -0.3 is 40.4 Å². The molecule has 2 aromatic carbocycles. The van der Waals surface area contributed by atoms with Crippen LogP contribution in [0.1, 0.15) is 11.1 Å². The Balaban J connectivity index is 0.000000175. The predicted molar refractivity (Wildman–Crippen MR) is 158 cm³/mol. The van der Waals surface area contributed by atoms with Gasteiger partial charge in [0.2, 0.25) is 0 Å². The molecule has 0 amide bonds. The summed E-state index contributed by atoms with van der Waals surface area (Å²) in [6.07, 6.45) is 9.78. The Kier molecular flexibility index (Phi) is 12.0. The first-order valence-corrected chi connectivity index (χ1v) is 12.8. The molecule has 0 aliphatic rings. The van der Waals surface area contributed by atoms with E-state index in [0.29, 0.717) is 24.2 Å². The third-order valence-corrected chi connectivity index (χ3v) is 6.14. The number of carbonyl (C=O) groups excluding carboxylic acids is 1. The number of para-hydroxylation sites is 2. The number of rotatable bonds is 8. The van der Waals surface area contributed by atoms with Crippen molar-refractivity contribution in [3.05, 3.63) is 95.5 Å². The number of methoxy groups -OCH3 is 4. The Hall–Kier alpha value is -4.76. The minimum absolute atomic E-state index is 0.190. The Morgan fingerprint density at radius 3 is 1.86 bits per heavy atom. The van der Waals surface area contributed by atoms with E-state index >= 15 is 0 Å². The maximum absolute atomic E-state index is 11.4. The van der Waals surface area contributed by atoms with Gasteiger partial charge in [0.1, 0.15) is 12.7 Å². The highest BCUT2D eigenvalue weighted by Crippen LogP contribution is 2.21. The van der Waals surface area contributed by atoms with Gasteiger partial charge in [-0.3, -0.25) is 9.13 Å². The molecule has 0 aliphatic heterocycles. The third kappa shape index (κ3) is 8.62. The van der Waals surface area contributed by atoms with E-state index in [2.05, 4.69) is 19.9 Å². The summed E-state index contributed by atoms with van der Waals surface area (Å²) in [5.74, 6) is 0. The van der Waals surface area contributed by atoms with Crippen LogP contribution in [0.5, 0.6) is 0 Å². The minimum atomic E-state index is -0.302. The Labute approximate surface area is 242 Å². The van der Waals surface area contributed by atoms with Gasteiger partial charge in [-0.15, -0.1) is 0 Å². The van der Waals surface area contributed by atoms with E-state index in [1.54, 1.807) is 59.3 Å². The van der Waals surface area contributed by atoms with Crippen molar-refractivity contribution in [1.82, 2.24) is 29.1 Å². The van der Waals surface area contributed by atoms with Gasteiger partial charge in [-0.05, 0) is 23.3 Å². The first-order chi connectivity index (χ1) is 20.3. The SMILES string of the molecule is COC(Cc1cccc(N)c1N)OC.COC(Cc1cccc2[nH]c(=O)[nH]c12)OC.O=C(n1ccnc1)n1ccnc1. The van der Waals surface area contributed by atoms with Crippen LogP contribution in [-0.2, 0) is 31.8 Å². The second kappa shape index (κ2) is 15.9. The minimum Gasteiger partial charge on any atom is -0.397 e. The van der Waals surface area contributed by atoms with Gasteiger partial charge in [0, 0.05) is 66.1 Å². The normalized spacial score (nSPS) is 10.8. The number of ether oxygens (including phenoxy) is 4. The van der Waals surface area contributed by atoms with Crippen molar-refractivity contribution in [1.29, 1.82) is 0 Å². The number of nitrogen functional groups attached to an aromatic ring is 2. The third-order valence-electron chi connectivity index (χ3n) is 6.14. The maximum atomic E-state index is 11.4. The average Bonchev–Trinajstić information content (AvgIpc) is 3.79. The predicted octanol–water partition coefficient (Wildman–Crippen LogP) is 2.63. The molecule has 0 unspecified atom stereocenters. The maximum Gasteiger partial charge on any atom is 0.338 e. The van der Waals surface area contributed by atoms with Gasteiger partial charge in [-0.2, -0.15) is 0 Å². The fourth-order valence-corrected chi connectivity index (χ4v) is 3.86. The van der Waals surface area contributed by atoms with Gasteiger partial charge in [-0.25, -0.2) is 19.6 Å². The van der Waals surface area contributed by atoms with E-state index < -0.39 is 0 Å². The van der Waals surface area contributed by atoms with Crippen LogP contribution >= 0.6 is 0 Å². The fraction of sp³-hybridized carbons (Fsp3) is 0.286. The molecule has 0 radical (unpaired) electrons. The summed E-state index contributed by atoms with van der Waals surface area (Å²) < 4.78 is 23.2. The first-order valence-electron chi connectivity index (χ1n) is 12.8. The Bertz CT molecular complexity index is 1520. The van der Waals surface area contributed by atoms with Crippen LogP contribution < -0.4 is 17.2 Å². The zero-order valence-electron chi connectivity index (χ0n) is 23.9. The number of fused-ring (bicyclic) bond motifs is 1. The molecule has 3 heterocycles. The molecule has 5 aromatic rings. The number of nitrogens with one attached hydrogen (secondary N) is 2. The molecular formula is C28H36N8O6. The molecule has 0 saturated carbocycles. The highest BCUT2D eigenvalue weighted by Gasteiger charge is 2.11. The molecule has 224 valence electrons. The lowest BCUT2D eigenvalue weighted by molar-refractivity contribution is -0.100. The van der Waals surface area contributed by atoms with E-state index in [4.69, 9.17) is 30.4 Å². The van der Waals surface area contributed by atoms with Crippen molar-refractivity contribution in [2.24, 2.45) is 0 Å². The summed E-state index contributed by atoms with van der Waals surface area (Å²) in [7, 11) is 6.37. The van der Waals surface area contributed by atoms with Crippen LogP contribution in [0.2, 0.25) is 0 Å². The molecule has 0 bridgehead atoms. The highest BCUT2D eigenvalue weighted by atomic mass is 16.7. The number of nitrogens with zero attached hydrogens (tertiary/aromatic N) is 4. The molecule has 3 aromatic heterocycles. The number of imidazole rings is 3. The van der Waals surface area contributed by atoms with E-state index in [1.165, 1.54) is 21.8 Å². The van der Waals surface area contributed by atoms with Crippen molar-refractivity contribution in [3.63, 3.8) is 0 Å². The average molecular weight is 581 g/mol. The van der Waals surface area contributed by atoms with Crippen molar-refractivity contribution < 1.29 is 23.7 Å². The number of nitrogens with two attached hydrogens (primary N) is 2. The summed E-state index contributed by atoms with van der Waals surface area (Å²) in [5, 5.41) is 0. The smallest absolute Gasteiger partial charge is 0.338 e. The fourth-order valence-electron chi connectivity index (χ4n) is 3.86. The largest absolute Gasteiger partial charge is 0.397 e. The number of benzene rings is 2. The van der Waals surface area contributed by atoms with Gasteiger partial charge >= 0.3 is 11.7 Å². The summed E-state index contributed by atoms with van der Waals surface area (Å²) in [5.41, 5.74) is 16.0. The molecule has 0 fully saturated rings. The van der Waals surface area contributed by atoms with E-state index in [0.717, 1.165) is 22.2 Å². The molecular weight excluding hydrogens is 544 g/mol. The van der Waals surface area contributed by atoms with Gasteiger partial charge in [0.25, 0.3) is 0 Å². The van der Waals surface area contributed by atoms with Gasteiger partial charge in [-0.1, -0.05) is 24.3 Å². The number of aromatic amines is 2. The molecule has 42 heavy (non-hydrogen) atoms. The van der Waals surface area contributed by atoms with Crippen LogP contribution in [0.25, 0.3) is 11.0 Å². The zero-order valence-corrected chi connectivity index (χ0v) is 23.9. The van der Waals surface area contributed by atoms with E-state index in [9.17, 15) is 9.59 Å². The number of H-pyrrole nitrogens is 2. The van der Waals surface area contributed by atoms with Crippen LogP contribution in [0, 0.1) is 0 Å². The molecule has 5 rings (SSSR count). The second-order valence-corrected chi connectivity index (χ2v) is 8.77. The number of anilines is 2. The number of carbonyl (C=O) groups is 1. The quantitative estimate of drug-likeness (QED) is 0.157. The molecule has 0 spiro atoms. The molecule has 14 nitrogen and oxygen atoms in total. The van der Waals surface area contributed by atoms with Crippen molar-refractivity contribution in [3.8, 4) is 0 Å².